The van der Waals surface area contributed by atoms with Gasteiger partial charge in [-0.15, -0.1) is 0 Å². The molecule has 0 saturated carbocycles. The molecule has 0 spiro atoms. The number of nitrogens with zero attached hydrogens (tertiary/aromatic N) is 1. The molecule has 0 fully saturated rings. The Labute approximate surface area is 158 Å². The molecule has 1 aliphatic rings. The van der Waals surface area contributed by atoms with E-state index in [-0.39, 0.29) is 11.8 Å². The summed E-state index contributed by atoms with van der Waals surface area (Å²) in [5, 5.41) is 4.87. The van der Waals surface area contributed by atoms with Gasteiger partial charge < -0.3 is 10.2 Å². The van der Waals surface area contributed by atoms with Gasteiger partial charge in [-0.1, -0.05) is 35.9 Å². The van der Waals surface area contributed by atoms with E-state index in [1.165, 1.54) is 5.56 Å². The summed E-state index contributed by atoms with van der Waals surface area (Å²) in [5.74, 6) is -0.0313. The van der Waals surface area contributed by atoms with Gasteiger partial charge in [0.05, 0.1) is 12.1 Å². The van der Waals surface area contributed by atoms with Crippen LogP contribution in [-0.2, 0) is 11.2 Å². The molecule has 136 valence electrons. The molecule has 0 aliphatic carbocycles. The lowest BCUT2D eigenvalue weighted by molar-refractivity contribution is -0.115. The van der Waals surface area contributed by atoms with Crippen molar-refractivity contribution in [2.24, 2.45) is 0 Å². The van der Waals surface area contributed by atoms with Crippen LogP contribution >= 0.6 is 0 Å². The second-order valence-electron chi connectivity index (χ2n) is 7.06. The maximum Gasteiger partial charge on any atom is 0.258 e. The van der Waals surface area contributed by atoms with Crippen molar-refractivity contribution in [3.63, 3.8) is 0 Å². The van der Waals surface area contributed by atoms with Gasteiger partial charge in [-0.05, 0) is 50.1 Å². The smallest absolute Gasteiger partial charge is 0.258 e. The van der Waals surface area contributed by atoms with Gasteiger partial charge in [0.2, 0.25) is 5.91 Å². The molecule has 1 heterocycles. The Morgan fingerprint density at radius 3 is 2.63 bits per heavy atom. The third kappa shape index (κ3) is 2.87. The summed E-state index contributed by atoms with van der Waals surface area (Å²) >= 11 is 0. The van der Waals surface area contributed by atoms with Gasteiger partial charge in [0.1, 0.15) is 0 Å². The average Bonchev–Trinajstić information content (AvgIpc) is 2.93. The Morgan fingerprint density at radius 1 is 1.07 bits per heavy atom. The molecule has 3 aromatic rings. The Balaban J connectivity index is 1.67. The van der Waals surface area contributed by atoms with Crippen molar-refractivity contribution in [1.82, 2.24) is 0 Å². The van der Waals surface area contributed by atoms with E-state index < -0.39 is 0 Å². The highest BCUT2D eigenvalue weighted by molar-refractivity contribution is 6.27. The Kier molecular flexibility index (Phi) is 4.19. The second kappa shape index (κ2) is 6.54. The van der Waals surface area contributed by atoms with E-state index >= 15 is 0 Å². The number of amides is 2. The number of hydrogen-bond acceptors (Lipinski definition) is 2. The lowest BCUT2D eigenvalue weighted by Crippen LogP contribution is -2.25. The van der Waals surface area contributed by atoms with Crippen molar-refractivity contribution in [1.29, 1.82) is 0 Å². The van der Waals surface area contributed by atoms with Crippen molar-refractivity contribution in [3.8, 4) is 0 Å². The first-order valence-electron chi connectivity index (χ1n) is 9.23. The van der Waals surface area contributed by atoms with Crippen LogP contribution in [0.4, 0.5) is 11.4 Å². The van der Waals surface area contributed by atoms with Gasteiger partial charge in [0.15, 0.2) is 0 Å². The summed E-state index contributed by atoms with van der Waals surface area (Å²) in [5.41, 5.74) is 5.70. The number of nitrogens with one attached hydrogen (secondary N) is 1. The second-order valence-corrected chi connectivity index (χ2v) is 7.06. The molecule has 0 aromatic heterocycles. The van der Waals surface area contributed by atoms with Gasteiger partial charge in [-0.3, -0.25) is 9.59 Å². The van der Waals surface area contributed by atoms with Crippen molar-refractivity contribution < 1.29 is 9.59 Å². The predicted molar refractivity (Wildman–Crippen MR) is 110 cm³/mol. The Bertz CT molecular complexity index is 1090. The normalized spacial score (nSPS) is 12.7. The summed E-state index contributed by atoms with van der Waals surface area (Å²) in [6.07, 6.45) is 0.328. The maximum absolute atomic E-state index is 12.6. The SMILES string of the molecule is CCN1C(=O)c2cccc3c(NC(=O)Cc4ccc(C)cc4C)ccc1c23. The molecule has 27 heavy (non-hydrogen) atoms. The van der Waals surface area contributed by atoms with Crippen LogP contribution in [0.3, 0.4) is 0 Å². The molecule has 0 unspecified atom stereocenters. The summed E-state index contributed by atoms with van der Waals surface area (Å²) < 4.78 is 0. The molecular weight excluding hydrogens is 336 g/mol. The molecule has 0 atom stereocenters. The lowest BCUT2D eigenvalue weighted by atomic mass is 10.0. The number of carbonyl (C=O) groups excluding carboxylic acids is 2. The van der Waals surface area contributed by atoms with Crippen molar-refractivity contribution >= 4 is 34.0 Å². The Morgan fingerprint density at radius 2 is 1.89 bits per heavy atom. The van der Waals surface area contributed by atoms with Crippen molar-refractivity contribution in [2.45, 2.75) is 27.2 Å². The molecule has 2 amide bonds. The zero-order valence-electron chi connectivity index (χ0n) is 15.8. The topological polar surface area (TPSA) is 49.4 Å². The first-order chi connectivity index (χ1) is 13.0. The van der Waals surface area contributed by atoms with E-state index in [1.54, 1.807) is 4.90 Å². The van der Waals surface area contributed by atoms with Gasteiger partial charge in [0, 0.05) is 28.6 Å². The van der Waals surface area contributed by atoms with E-state index in [0.717, 1.165) is 33.3 Å². The number of anilines is 2. The fourth-order valence-electron chi connectivity index (χ4n) is 3.88. The van der Waals surface area contributed by atoms with Crippen LogP contribution in [0.2, 0.25) is 0 Å². The number of rotatable bonds is 4. The molecule has 4 nitrogen and oxygen atoms in total. The summed E-state index contributed by atoms with van der Waals surface area (Å²) in [6, 6.07) is 15.6. The molecule has 4 rings (SSSR count). The molecular formula is C23H22N2O2. The summed E-state index contributed by atoms with van der Waals surface area (Å²) in [4.78, 5) is 27.0. The molecule has 3 aromatic carbocycles. The highest BCUT2D eigenvalue weighted by atomic mass is 16.2. The number of carbonyl (C=O) groups is 2. The van der Waals surface area contributed by atoms with E-state index in [4.69, 9.17) is 0 Å². The van der Waals surface area contributed by atoms with E-state index in [1.807, 2.05) is 63.2 Å². The van der Waals surface area contributed by atoms with E-state index in [2.05, 4.69) is 11.4 Å². The monoisotopic (exact) mass is 358 g/mol. The first kappa shape index (κ1) is 17.3. The summed E-state index contributed by atoms with van der Waals surface area (Å²) in [6.45, 7) is 6.67. The predicted octanol–water partition coefficient (Wildman–Crippen LogP) is 4.62. The maximum atomic E-state index is 12.6. The molecule has 0 saturated heterocycles. The fraction of sp³-hybridized carbons (Fsp3) is 0.217. The highest BCUT2D eigenvalue weighted by Crippen LogP contribution is 2.40. The minimum Gasteiger partial charge on any atom is -0.325 e. The van der Waals surface area contributed by atoms with Crippen LogP contribution in [0.25, 0.3) is 10.8 Å². The molecule has 1 N–H and O–H groups in total. The molecule has 4 heteroatoms. The van der Waals surface area contributed by atoms with Crippen LogP contribution < -0.4 is 10.2 Å². The van der Waals surface area contributed by atoms with Crippen LogP contribution in [0, 0.1) is 13.8 Å². The van der Waals surface area contributed by atoms with Gasteiger partial charge in [-0.2, -0.15) is 0 Å². The summed E-state index contributed by atoms with van der Waals surface area (Å²) in [7, 11) is 0. The fourth-order valence-corrected chi connectivity index (χ4v) is 3.88. The zero-order chi connectivity index (χ0) is 19.1. The van der Waals surface area contributed by atoms with Gasteiger partial charge >= 0.3 is 0 Å². The van der Waals surface area contributed by atoms with Gasteiger partial charge in [0.25, 0.3) is 5.91 Å². The third-order valence-electron chi connectivity index (χ3n) is 5.22. The lowest BCUT2D eigenvalue weighted by Gasteiger charge is -2.15. The van der Waals surface area contributed by atoms with Crippen molar-refractivity contribution in [3.05, 3.63) is 70.8 Å². The standard InChI is InChI=1S/C23H22N2O2/c1-4-25-20-11-10-19(17-6-5-7-18(22(17)20)23(25)27)24-21(26)13-16-9-8-14(2)12-15(16)3/h5-12H,4,13H2,1-3H3,(H,24,26). The van der Waals surface area contributed by atoms with E-state index in [9.17, 15) is 9.59 Å². The third-order valence-corrected chi connectivity index (χ3v) is 5.22. The van der Waals surface area contributed by atoms with Gasteiger partial charge in [-0.25, -0.2) is 0 Å². The average molecular weight is 358 g/mol. The molecule has 0 bridgehead atoms. The first-order valence-corrected chi connectivity index (χ1v) is 9.23. The van der Waals surface area contributed by atoms with Crippen LogP contribution in [0.15, 0.2) is 48.5 Å². The molecule has 0 radical (unpaired) electrons. The van der Waals surface area contributed by atoms with Crippen LogP contribution in [0.5, 0.6) is 0 Å². The largest absolute Gasteiger partial charge is 0.325 e. The number of benzene rings is 3. The van der Waals surface area contributed by atoms with Crippen molar-refractivity contribution in [2.75, 3.05) is 16.8 Å². The van der Waals surface area contributed by atoms with E-state index in [0.29, 0.717) is 18.5 Å². The quantitative estimate of drug-likeness (QED) is 0.740. The number of hydrogen-bond donors (Lipinski definition) is 1. The van der Waals surface area contributed by atoms with Crippen LogP contribution in [-0.4, -0.2) is 18.4 Å². The highest BCUT2D eigenvalue weighted by Gasteiger charge is 2.29. The minimum absolute atomic E-state index is 0.0249. The van der Waals surface area contributed by atoms with Crippen LogP contribution in [0.1, 0.15) is 34.0 Å². The minimum atomic E-state index is -0.0562. The Hall–Kier alpha value is -3.14. The molecule has 1 aliphatic heterocycles. The zero-order valence-corrected chi connectivity index (χ0v) is 15.8. The number of aryl methyl sites for hydroxylation is 2.